The Morgan fingerprint density at radius 3 is 1.77 bits per heavy atom. The Kier molecular flexibility index (Phi) is 7.43. The zero-order chi connectivity index (χ0) is 22.1. The number of aromatic nitrogens is 2. The maximum Gasteiger partial charge on any atom is 0.153 e. The van der Waals surface area contributed by atoms with Crippen LogP contribution in [0.1, 0.15) is 11.1 Å². The number of hydrogen-bond acceptors (Lipinski definition) is 6. The number of nitrogens with two attached hydrogens (primary N) is 1. The Balaban J connectivity index is 0.000000176. The molecule has 0 fully saturated rings. The van der Waals surface area contributed by atoms with Crippen molar-refractivity contribution in [2.45, 2.75) is 13.8 Å². The zero-order valence-electron chi connectivity index (χ0n) is 18.1. The highest BCUT2D eigenvalue weighted by atomic mass is 15.0. The van der Waals surface area contributed by atoms with E-state index in [2.05, 4.69) is 45.0 Å². The Morgan fingerprint density at radius 2 is 1.23 bits per heavy atom. The van der Waals surface area contributed by atoms with Crippen LogP contribution in [-0.4, -0.2) is 17.0 Å². The smallest absolute Gasteiger partial charge is 0.153 e. The van der Waals surface area contributed by atoms with Crippen molar-refractivity contribution in [2.24, 2.45) is 0 Å². The molecule has 0 atom stereocenters. The highest BCUT2D eigenvalue weighted by Crippen LogP contribution is 2.22. The topological polar surface area (TPSA) is 87.9 Å². The number of hydrogen-bond donors (Lipinski definition) is 4. The number of anilines is 6. The molecule has 0 radical (unpaired) electrons. The third-order valence-electron chi connectivity index (χ3n) is 4.48. The molecule has 6 nitrogen and oxygen atoms in total. The van der Waals surface area contributed by atoms with Crippen LogP contribution < -0.4 is 21.7 Å². The van der Waals surface area contributed by atoms with Crippen LogP contribution in [0.2, 0.25) is 0 Å². The minimum Gasteiger partial charge on any atom is -0.396 e. The van der Waals surface area contributed by atoms with Gasteiger partial charge in [-0.3, -0.25) is 0 Å². The van der Waals surface area contributed by atoms with E-state index in [1.807, 2.05) is 74.6 Å². The van der Waals surface area contributed by atoms with Gasteiger partial charge >= 0.3 is 0 Å². The van der Waals surface area contributed by atoms with Crippen LogP contribution in [0.4, 0.5) is 34.4 Å². The molecule has 0 saturated carbocycles. The fraction of sp³-hybridized carbons (Fsp3) is 0.120. The molecule has 2 aromatic heterocycles. The monoisotopic (exact) mass is 412 g/mol. The van der Waals surface area contributed by atoms with Gasteiger partial charge in [0.25, 0.3) is 0 Å². The SMILES string of the molecule is CNc1cccnc1Nc1cccc(C)c1.Cc1cccc(Nc2ncccc2N)c1. The lowest BCUT2D eigenvalue weighted by Crippen LogP contribution is -1.99. The van der Waals surface area contributed by atoms with Crippen LogP contribution in [-0.2, 0) is 0 Å². The Labute approximate surface area is 183 Å². The summed E-state index contributed by atoms with van der Waals surface area (Å²) in [5, 5.41) is 9.57. The molecule has 31 heavy (non-hydrogen) atoms. The van der Waals surface area contributed by atoms with Crippen molar-refractivity contribution >= 4 is 34.4 Å². The van der Waals surface area contributed by atoms with Gasteiger partial charge in [-0.15, -0.1) is 0 Å². The second-order valence-electron chi connectivity index (χ2n) is 7.08. The van der Waals surface area contributed by atoms with Crippen molar-refractivity contribution in [1.29, 1.82) is 0 Å². The van der Waals surface area contributed by atoms with Crippen LogP contribution >= 0.6 is 0 Å². The van der Waals surface area contributed by atoms with Crippen molar-refractivity contribution in [1.82, 2.24) is 9.97 Å². The molecule has 2 heterocycles. The highest BCUT2D eigenvalue weighted by molar-refractivity contribution is 5.70. The summed E-state index contributed by atoms with van der Waals surface area (Å²) in [6.45, 7) is 4.12. The van der Waals surface area contributed by atoms with Gasteiger partial charge in [0, 0.05) is 30.8 Å². The summed E-state index contributed by atoms with van der Waals surface area (Å²) >= 11 is 0. The summed E-state index contributed by atoms with van der Waals surface area (Å²) in [7, 11) is 1.89. The third kappa shape index (κ3) is 6.47. The van der Waals surface area contributed by atoms with E-state index < -0.39 is 0 Å². The van der Waals surface area contributed by atoms with Gasteiger partial charge in [0.05, 0.1) is 11.4 Å². The third-order valence-corrected chi connectivity index (χ3v) is 4.48. The predicted octanol–water partition coefficient (Wildman–Crippen LogP) is 5.89. The van der Waals surface area contributed by atoms with E-state index in [1.54, 1.807) is 12.4 Å². The second-order valence-corrected chi connectivity index (χ2v) is 7.08. The standard InChI is InChI=1S/C13H15N3.C12H13N3/c1-10-5-3-6-11(9-10)16-13-12(14-2)7-4-8-15-13;1-9-4-2-5-10(8-9)15-12-11(13)6-3-7-14-12/h3-9,14H,1-2H3,(H,15,16);2-8H,13H2,1H3,(H,14,15). The van der Waals surface area contributed by atoms with Crippen molar-refractivity contribution in [3.8, 4) is 0 Å². The maximum absolute atomic E-state index is 5.78. The molecular weight excluding hydrogens is 384 g/mol. The van der Waals surface area contributed by atoms with E-state index in [0.29, 0.717) is 11.5 Å². The molecular formula is C25H28N6. The molecule has 0 aliphatic rings. The van der Waals surface area contributed by atoms with Gasteiger partial charge in [-0.25, -0.2) is 9.97 Å². The summed E-state index contributed by atoms with van der Waals surface area (Å²) < 4.78 is 0. The van der Waals surface area contributed by atoms with Gasteiger partial charge < -0.3 is 21.7 Å². The minimum atomic E-state index is 0.652. The first-order valence-corrected chi connectivity index (χ1v) is 10.1. The van der Waals surface area contributed by atoms with E-state index in [1.165, 1.54) is 11.1 Å². The number of nitrogens with one attached hydrogen (secondary N) is 3. The lowest BCUT2D eigenvalue weighted by Gasteiger charge is -2.10. The van der Waals surface area contributed by atoms with Crippen molar-refractivity contribution in [3.63, 3.8) is 0 Å². The second kappa shape index (κ2) is 10.6. The Bertz CT molecular complexity index is 1130. The maximum atomic E-state index is 5.78. The molecule has 0 unspecified atom stereocenters. The molecule has 5 N–H and O–H groups in total. The van der Waals surface area contributed by atoms with Gasteiger partial charge in [0.1, 0.15) is 0 Å². The number of aryl methyl sites for hydroxylation is 2. The molecule has 6 heteroatoms. The van der Waals surface area contributed by atoms with Gasteiger partial charge in [-0.2, -0.15) is 0 Å². The van der Waals surface area contributed by atoms with Crippen LogP contribution in [0.5, 0.6) is 0 Å². The van der Waals surface area contributed by atoms with E-state index in [4.69, 9.17) is 5.73 Å². The van der Waals surface area contributed by atoms with E-state index in [0.717, 1.165) is 22.9 Å². The molecule has 0 aliphatic heterocycles. The van der Waals surface area contributed by atoms with Crippen LogP contribution in [0.3, 0.4) is 0 Å². The zero-order valence-corrected chi connectivity index (χ0v) is 18.1. The summed E-state index contributed by atoms with van der Waals surface area (Å²) in [5.41, 5.74) is 11.9. The summed E-state index contributed by atoms with van der Waals surface area (Å²) in [6.07, 6.45) is 3.49. The molecule has 0 saturated heterocycles. The minimum absolute atomic E-state index is 0.652. The molecule has 0 bridgehead atoms. The number of benzene rings is 2. The first-order chi connectivity index (χ1) is 15.0. The number of nitrogens with zero attached hydrogens (tertiary/aromatic N) is 2. The highest BCUT2D eigenvalue weighted by Gasteiger charge is 2.01. The summed E-state index contributed by atoms with van der Waals surface area (Å²) in [4.78, 5) is 8.47. The number of rotatable bonds is 5. The molecule has 4 rings (SSSR count). The molecule has 0 amide bonds. The fourth-order valence-electron chi connectivity index (χ4n) is 2.95. The van der Waals surface area contributed by atoms with Crippen molar-refractivity contribution in [2.75, 3.05) is 28.7 Å². The molecule has 0 aliphatic carbocycles. The normalized spacial score (nSPS) is 9.90. The van der Waals surface area contributed by atoms with Gasteiger partial charge in [-0.05, 0) is 73.5 Å². The van der Waals surface area contributed by atoms with Crippen LogP contribution in [0, 0.1) is 13.8 Å². The molecule has 2 aromatic carbocycles. The number of pyridine rings is 2. The lowest BCUT2D eigenvalue weighted by molar-refractivity contribution is 1.29. The average Bonchev–Trinajstić information content (AvgIpc) is 2.76. The van der Waals surface area contributed by atoms with Gasteiger partial charge in [0.2, 0.25) is 0 Å². The summed E-state index contributed by atoms with van der Waals surface area (Å²) in [6, 6.07) is 23.8. The fourth-order valence-corrected chi connectivity index (χ4v) is 2.95. The van der Waals surface area contributed by atoms with Crippen molar-refractivity contribution < 1.29 is 0 Å². The van der Waals surface area contributed by atoms with Gasteiger partial charge in [-0.1, -0.05) is 24.3 Å². The Hall–Kier alpha value is -4.06. The molecule has 158 valence electrons. The predicted molar refractivity (Wildman–Crippen MR) is 131 cm³/mol. The van der Waals surface area contributed by atoms with E-state index in [-0.39, 0.29) is 0 Å². The van der Waals surface area contributed by atoms with Crippen molar-refractivity contribution in [3.05, 3.63) is 96.3 Å². The first-order valence-electron chi connectivity index (χ1n) is 10.1. The molecule has 4 aromatic rings. The Morgan fingerprint density at radius 1 is 0.677 bits per heavy atom. The quantitative estimate of drug-likeness (QED) is 0.327. The van der Waals surface area contributed by atoms with Gasteiger partial charge in [0.15, 0.2) is 11.6 Å². The van der Waals surface area contributed by atoms with E-state index >= 15 is 0 Å². The van der Waals surface area contributed by atoms with Crippen LogP contribution in [0.15, 0.2) is 85.2 Å². The lowest BCUT2D eigenvalue weighted by atomic mass is 10.2. The average molecular weight is 413 g/mol. The molecule has 0 spiro atoms. The largest absolute Gasteiger partial charge is 0.396 e. The first kappa shape index (κ1) is 21.6. The van der Waals surface area contributed by atoms with Crippen LogP contribution in [0.25, 0.3) is 0 Å². The number of nitrogen functional groups attached to an aromatic ring is 1. The summed E-state index contributed by atoms with van der Waals surface area (Å²) in [5.74, 6) is 1.54. The van der Waals surface area contributed by atoms with E-state index in [9.17, 15) is 0 Å².